The molecule has 0 aliphatic carbocycles. The first-order valence-electron chi connectivity index (χ1n) is 5.02. The highest BCUT2D eigenvalue weighted by Gasteiger charge is 2.25. The smallest absolute Gasteiger partial charge is 0.411 e. The summed E-state index contributed by atoms with van der Waals surface area (Å²) in [4.78, 5) is 30.6. The molecule has 2 N–H and O–H groups in total. The summed E-state index contributed by atoms with van der Waals surface area (Å²) < 4.78 is 4.52. The average molecular weight is 306 g/mol. The minimum Gasteiger partial charge on any atom is -0.501 e. The fourth-order valence-electron chi connectivity index (χ4n) is 1.22. The topological polar surface area (TPSA) is 145 Å². The number of anilines is 1. The van der Waals surface area contributed by atoms with Crippen LogP contribution in [0.5, 0.6) is 5.75 Å². The number of nitrogens with one attached hydrogen (secondary N) is 1. The van der Waals surface area contributed by atoms with Crippen molar-refractivity contribution in [2.75, 3.05) is 17.8 Å². The summed E-state index contributed by atoms with van der Waals surface area (Å²) in [6, 6.07) is 1.34. The van der Waals surface area contributed by atoms with E-state index in [1.54, 1.807) is 0 Å². The van der Waals surface area contributed by atoms with Gasteiger partial charge in [-0.3, -0.25) is 25.5 Å². The van der Waals surface area contributed by atoms with Crippen LogP contribution in [-0.4, -0.2) is 33.5 Å². The summed E-state index contributed by atoms with van der Waals surface area (Å²) >= 11 is 5.28. The monoisotopic (exact) mass is 305 g/mol. The number of carbonyl (C=O) groups excluding carboxylic acids is 1. The Balaban J connectivity index is 3.14. The molecular weight excluding hydrogens is 298 g/mol. The van der Waals surface area contributed by atoms with Crippen LogP contribution in [0.2, 0.25) is 0 Å². The van der Waals surface area contributed by atoms with Crippen LogP contribution in [0, 0.1) is 20.2 Å². The summed E-state index contributed by atoms with van der Waals surface area (Å²) in [7, 11) is 0. The van der Waals surface area contributed by atoms with E-state index < -0.39 is 38.8 Å². The lowest BCUT2D eigenvalue weighted by molar-refractivity contribution is -0.394. The largest absolute Gasteiger partial charge is 0.501 e. The van der Waals surface area contributed by atoms with E-state index in [0.29, 0.717) is 6.07 Å². The van der Waals surface area contributed by atoms with E-state index in [0.717, 1.165) is 6.07 Å². The highest BCUT2D eigenvalue weighted by molar-refractivity contribution is 6.18. The Bertz CT molecular complexity index is 563. The summed E-state index contributed by atoms with van der Waals surface area (Å²) in [5, 5.41) is 32.8. The molecule has 0 saturated carbocycles. The number of phenols is 1. The molecule has 1 aromatic rings. The second-order valence-electron chi connectivity index (χ2n) is 3.33. The molecule has 0 saturated heterocycles. The van der Waals surface area contributed by atoms with E-state index in [9.17, 15) is 30.1 Å². The van der Waals surface area contributed by atoms with Gasteiger partial charge in [-0.05, 0) is 0 Å². The number of carbonyl (C=O) groups is 1. The number of nitrogens with zero attached hydrogens (tertiary/aromatic N) is 2. The van der Waals surface area contributed by atoms with Gasteiger partial charge in [-0.15, -0.1) is 11.6 Å². The molecule has 0 radical (unpaired) electrons. The first-order valence-corrected chi connectivity index (χ1v) is 5.55. The van der Waals surface area contributed by atoms with Crippen LogP contribution in [0.25, 0.3) is 0 Å². The molecule has 0 atom stereocenters. The van der Waals surface area contributed by atoms with Crippen LogP contribution in [-0.2, 0) is 4.74 Å². The maximum Gasteiger partial charge on any atom is 0.411 e. The lowest BCUT2D eigenvalue weighted by atomic mass is 10.2. The number of non-ortho nitro benzene ring substituents is 1. The van der Waals surface area contributed by atoms with E-state index in [1.165, 1.54) is 0 Å². The average Bonchev–Trinajstić information content (AvgIpc) is 2.38. The zero-order valence-corrected chi connectivity index (χ0v) is 10.5. The van der Waals surface area contributed by atoms with Crippen LogP contribution in [0.1, 0.15) is 0 Å². The quantitative estimate of drug-likeness (QED) is 0.366. The zero-order valence-electron chi connectivity index (χ0n) is 9.74. The number of hydrogen-bond acceptors (Lipinski definition) is 7. The van der Waals surface area contributed by atoms with Crippen molar-refractivity contribution in [3.63, 3.8) is 0 Å². The van der Waals surface area contributed by atoms with Crippen molar-refractivity contribution in [1.29, 1.82) is 0 Å². The molecule has 108 valence electrons. The Labute approximate surface area is 116 Å². The van der Waals surface area contributed by atoms with Gasteiger partial charge >= 0.3 is 11.8 Å². The van der Waals surface area contributed by atoms with E-state index in [-0.39, 0.29) is 12.5 Å². The van der Waals surface area contributed by atoms with Gasteiger partial charge in [0.05, 0.1) is 21.8 Å². The molecule has 1 aromatic carbocycles. The molecule has 20 heavy (non-hydrogen) atoms. The van der Waals surface area contributed by atoms with Crippen molar-refractivity contribution < 1.29 is 24.5 Å². The van der Waals surface area contributed by atoms with Crippen LogP contribution in [0.4, 0.5) is 21.9 Å². The molecule has 0 bridgehead atoms. The molecule has 1 rings (SSSR count). The van der Waals surface area contributed by atoms with Crippen molar-refractivity contribution in [3.8, 4) is 5.75 Å². The summed E-state index contributed by atoms with van der Waals surface area (Å²) in [5.74, 6) is -0.891. The van der Waals surface area contributed by atoms with Crippen LogP contribution in [0.3, 0.4) is 0 Å². The van der Waals surface area contributed by atoms with E-state index in [4.69, 9.17) is 11.6 Å². The van der Waals surface area contributed by atoms with E-state index in [2.05, 4.69) is 4.74 Å². The number of aromatic hydroxyl groups is 1. The van der Waals surface area contributed by atoms with Crippen molar-refractivity contribution >= 4 is 34.8 Å². The third-order valence-electron chi connectivity index (χ3n) is 2.03. The van der Waals surface area contributed by atoms with Gasteiger partial charge in [-0.25, -0.2) is 4.79 Å². The van der Waals surface area contributed by atoms with Crippen molar-refractivity contribution in [3.05, 3.63) is 32.4 Å². The molecule has 0 fully saturated rings. The van der Waals surface area contributed by atoms with Crippen molar-refractivity contribution in [2.45, 2.75) is 0 Å². The lowest BCUT2D eigenvalue weighted by Crippen LogP contribution is -2.15. The molecule has 0 spiro atoms. The van der Waals surface area contributed by atoms with Gasteiger partial charge in [0.25, 0.3) is 5.69 Å². The first kappa shape index (κ1) is 15.4. The number of alkyl halides is 1. The fraction of sp³-hybridized carbons (Fsp3) is 0.222. The molecule has 11 heteroatoms. The zero-order chi connectivity index (χ0) is 15.3. The molecule has 10 nitrogen and oxygen atoms in total. The van der Waals surface area contributed by atoms with E-state index >= 15 is 0 Å². The van der Waals surface area contributed by atoms with Gasteiger partial charge < -0.3 is 9.84 Å². The second kappa shape index (κ2) is 6.52. The van der Waals surface area contributed by atoms with Gasteiger partial charge in [0.1, 0.15) is 12.3 Å². The number of nitro benzene ring substituents is 2. The summed E-state index contributed by atoms with van der Waals surface area (Å²) in [6.45, 7) is -0.134. The Morgan fingerprint density at radius 2 is 2.00 bits per heavy atom. The van der Waals surface area contributed by atoms with Crippen LogP contribution < -0.4 is 5.32 Å². The minimum atomic E-state index is -1.06. The molecule has 0 aliphatic rings. The number of nitro groups is 2. The maximum absolute atomic E-state index is 11.2. The van der Waals surface area contributed by atoms with Gasteiger partial charge in [-0.2, -0.15) is 0 Å². The minimum absolute atomic E-state index is 0.0223. The Kier molecular flexibility index (Phi) is 5.03. The van der Waals surface area contributed by atoms with Gasteiger partial charge in [-0.1, -0.05) is 0 Å². The maximum atomic E-state index is 11.2. The van der Waals surface area contributed by atoms with Crippen molar-refractivity contribution in [2.24, 2.45) is 0 Å². The third kappa shape index (κ3) is 3.68. The number of ether oxygens (including phenoxy) is 1. The first-order chi connectivity index (χ1) is 9.36. The number of amides is 1. The molecule has 0 aliphatic heterocycles. The molecule has 0 aromatic heterocycles. The number of phenolic OH excluding ortho intramolecular Hbond substituents is 1. The molecule has 0 heterocycles. The third-order valence-corrected chi connectivity index (χ3v) is 2.18. The highest BCUT2D eigenvalue weighted by atomic mass is 35.5. The van der Waals surface area contributed by atoms with Crippen molar-refractivity contribution in [1.82, 2.24) is 0 Å². The predicted molar refractivity (Wildman–Crippen MR) is 67.1 cm³/mol. The lowest BCUT2D eigenvalue weighted by Gasteiger charge is -2.07. The van der Waals surface area contributed by atoms with Crippen LogP contribution in [0.15, 0.2) is 12.1 Å². The SMILES string of the molecule is O=C(Nc1cc([N+](=O)[O-])cc([N+](=O)[O-])c1O)OCCCl. The number of rotatable bonds is 5. The Morgan fingerprint density at radius 1 is 1.35 bits per heavy atom. The second-order valence-corrected chi connectivity index (χ2v) is 3.70. The van der Waals surface area contributed by atoms with Gasteiger partial charge in [0.2, 0.25) is 5.75 Å². The predicted octanol–water partition coefficient (Wildman–Crippen LogP) is 2.00. The van der Waals surface area contributed by atoms with Crippen LogP contribution >= 0.6 is 11.6 Å². The normalized spacial score (nSPS) is 9.85. The summed E-state index contributed by atoms with van der Waals surface area (Å²) in [5.41, 5.74) is -2.08. The highest BCUT2D eigenvalue weighted by Crippen LogP contribution is 2.37. The fourth-order valence-corrected chi connectivity index (χ4v) is 1.30. The standard InChI is InChI=1S/C9H8ClN3O7/c10-1-2-20-9(15)11-6-3-5(12(16)17)4-7(8(6)14)13(18)19/h3-4,14H,1-2H2,(H,11,15). The van der Waals surface area contributed by atoms with Gasteiger partial charge in [0, 0.05) is 6.07 Å². The number of halogens is 1. The molecular formula is C9H8ClN3O7. The molecule has 1 amide bonds. The van der Waals surface area contributed by atoms with E-state index in [1.807, 2.05) is 5.32 Å². The number of benzene rings is 1. The van der Waals surface area contributed by atoms with Gasteiger partial charge in [0.15, 0.2) is 0 Å². The summed E-state index contributed by atoms with van der Waals surface area (Å²) in [6.07, 6.45) is -1.06. The Hall–Kier alpha value is -2.62. The Morgan fingerprint density at radius 3 is 2.50 bits per heavy atom. The number of hydrogen-bond donors (Lipinski definition) is 2. The molecule has 0 unspecified atom stereocenters.